The Morgan fingerprint density at radius 3 is 2.61 bits per heavy atom. The third-order valence-corrected chi connectivity index (χ3v) is 5.38. The number of nitrogens with two attached hydrogens (primary N) is 1. The van der Waals surface area contributed by atoms with Gasteiger partial charge in [0.15, 0.2) is 0 Å². The molecule has 1 aliphatic heterocycles. The lowest BCUT2D eigenvalue weighted by molar-refractivity contribution is -0.134. The maximum atomic E-state index is 12.2. The first kappa shape index (κ1) is 19.9. The number of sulfonamides is 1. The lowest BCUT2D eigenvalue weighted by Crippen LogP contribution is -2.48. The molecule has 130 valence electrons. The number of carbonyl (C=O) groups excluding carboxylic acids is 1. The molecule has 0 aromatic heterocycles. The summed E-state index contributed by atoms with van der Waals surface area (Å²) in [5, 5.41) is 0. The highest BCUT2D eigenvalue weighted by Crippen LogP contribution is 2.17. The first-order valence-corrected chi connectivity index (χ1v) is 9.07. The van der Waals surface area contributed by atoms with E-state index in [1.165, 1.54) is 12.1 Å². The predicted molar refractivity (Wildman–Crippen MR) is 91.9 cm³/mol. The van der Waals surface area contributed by atoms with Crippen LogP contribution in [0.15, 0.2) is 35.2 Å². The second-order valence-electron chi connectivity index (χ2n) is 5.43. The minimum atomic E-state index is -3.55. The van der Waals surface area contributed by atoms with Crippen LogP contribution in [0.5, 0.6) is 0 Å². The van der Waals surface area contributed by atoms with Crippen LogP contribution in [0.25, 0.3) is 0 Å². The van der Waals surface area contributed by atoms with Gasteiger partial charge in [-0.3, -0.25) is 4.79 Å². The van der Waals surface area contributed by atoms with Gasteiger partial charge in [0.1, 0.15) is 0 Å². The van der Waals surface area contributed by atoms with E-state index in [1.807, 2.05) is 0 Å². The van der Waals surface area contributed by atoms with E-state index in [-0.39, 0.29) is 42.2 Å². The Labute approximate surface area is 143 Å². The van der Waals surface area contributed by atoms with E-state index in [4.69, 9.17) is 5.73 Å². The van der Waals surface area contributed by atoms with Gasteiger partial charge in [-0.05, 0) is 31.4 Å². The van der Waals surface area contributed by atoms with Crippen molar-refractivity contribution in [2.75, 3.05) is 19.6 Å². The Morgan fingerprint density at radius 1 is 1.26 bits per heavy atom. The molecule has 2 rings (SSSR count). The summed E-state index contributed by atoms with van der Waals surface area (Å²) >= 11 is 0. The Hall–Kier alpha value is -1.15. The average Bonchev–Trinajstić information content (AvgIpc) is 2.55. The van der Waals surface area contributed by atoms with Crippen molar-refractivity contribution in [2.24, 2.45) is 5.73 Å². The van der Waals surface area contributed by atoms with Crippen LogP contribution >= 0.6 is 12.4 Å². The number of carbonyl (C=O) groups is 1. The van der Waals surface area contributed by atoms with Crippen molar-refractivity contribution in [3.63, 3.8) is 0 Å². The number of halogens is 1. The fourth-order valence-corrected chi connectivity index (χ4v) is 3.75. The summed E-state index contributed by atoms with van der Waals surface area (Å²) in [6, 6.07) is 8.23. The van der Waals surface area contributed by atoms with Crippen molar-refractivity contribution >= 4 is 28.3 Å². The molecule has 0 aliphatic carbocycles. The van der Waals surface area contributed by atoms with Crippen LogP contribution in [-0.4, -0.2) is 44.9 Å². The van der Waals surface area contributed by atoms with Crippen LogP contribution in [0, 0.1) is 0 Å². The highest BCUT2D eigenvalue weighted by molar-refractivity contribution is 7.89. The molecular formula is C15H24ClN3O3S. The lowest BCUT2D eigenvalue weighted by atomic mass is 10.0. The van der Waals surface area contributed by atoms with Gasteiger partial charge in [0.05, 0.1) is 4.90 Å². The molecule has 0 bridgehead atoms. The average molecular weight is 362 g/mol. The summed E-state index contributed by atoms with van der Waals surface area (Å²) in [6.45, 7) is 1.28. The Morgan fingerprint density at radius 2 is 1.96 bits per heavy atom. The second kappa shape index (κ2) is 9.22. The molecule has 1 amide bonds. The first-order chi connectivity index (χ1) is 10.5. The molecule has 1 aromatic carbocycles. The second-order valence-corrected chi connectivity index (χ2v) is 7.20. The Bertz CT molecular complexity index is 595. The van der Waals surface area contributed by atoms with Gasteiger partial charge in [-0.1, -0.05) is 18.2 Å². The molecule has 6 nitrogen and oxygen atoms in total. The smallest absolute Gasteiger partial charge is 0.240 e. The number of nitrogens with zero attached hydrogens (tertiary/aromatic N) is 1. The van der Waals surface area contributed by atoms with Crippen LogP contribution in [0.4, 0.5) is 0 Å². The molecule has 1 aliphatic rings. The standard InChI is InChI=1S/C15H23N3O3S.ClH/c16-12-13-6-4-5-11-18(13)15(19)9-10-17-22(20,21)14-7-2-1-3-8-14;/h1-3,7-8,13,17H,4-6,9-12,16H2;1H. The Balaban J connectivity index is 0.00000264. The van der Waals surface area contributed by atoms with Crippen LogP contribution in [-0.2, 0) is 14.8 Å². The lowest BCUT2D eigenvalue weighted by Gasteiger charge is -2.35. The van der Waals surface area contributed by atoms with Crippen LogP contribution in [0.3, 0.4) is 0 Å². The maximum absolute atomic E-state index is 12.2. The maximum Gasteiger partial charge on any atom is 0.240 e. The van der Waals surface area contributed by atoms with Gasteiger partial charge in [0.25, 0.3) is 0 Å². The van der Waals surface area contributed by atoms with E-state index in [9.17, 15) is 13.2 Å². The zero-order valence-corrected chi connectivity index (χ0v) is 14.6. The summed E-state index contributed by atoms with van der Waals surface area (Å²) in [6.07, 6.45) is 3.16. The number of piperidine rings is 1. The zero-order chi connectivity index (χ0) is 16.0. The van der Waals surface area contributed by atoms with Gasteiger partial charge in [-0.15, -0.1) is 12.4 Å². The number of amides is 1. The van der Waals surface area contributed by atoms with E-state index in [0.717, 1.165) is 19.3 Å². The third-order valence-electron chi connectivity index (χ3n) is 3.90. The van der Waals surface area contributed by atoms with Crippen molar-refractivity contribution in [1.29, 1.82) is 0 Å². The predicted octanol–water partition coefficient (Wildman–Crippen LogP) is 1.12. The molecule has 0 radical (unpaired) electrons. The van der Waals surface area contributed by atoms with Gasteiger partial charge in [0, 0.05) is 32.1 Å². The normalized spacial score (nSPS) is 18.3. The molecule has 0 spiro atoms. The molecule has 1 unspecified atom stereocenters. The summed E-state index contributed by atoms with van der Waals surface area (Å²) in [7, 11) is -3.55. The fourth-order valence-electron chi connectivity index (χ4n) is 2.69. The fraction of sp³-hybridized carbons (Fsp3) is 0.533. The van der Waals surface area contributed by atoms with Gasteiger partial charge in [0.2, 0.25) is 15.9 Å². The molecule has 8 heteroatoms. The number of rotatable bonds is 6. The highest BCUT2D eigenvalue weighted by atomic mass is 35.5. The number of hydrogen-bond donors (Lipinski definition) is 2. The molecule has 0 saturated carbocycles. The summed E-state index contributed by atoms with van der Waals surface area (Å²) in [4.78, 5) is 14.2. The summed E-state index contributed by atoms with van der Waals surface area (Å²) in [5.74, 6) is -0.0362. The largest absolute Gasteiger partial charge is 0.338 e. The number of likely N-dealkylation sites (tertiary alicyclic amines) is 1. The van der Waals surface area contributed by atoms with E-state index in [1.54, 1.807) is 23.1 Å². The van der Waals surface area contributed by atoms with Crippen LogP contribution in [0.1, 0.15) is 25.7 Å². The molecule has 1 heterocycles. The van der Waals surface area contributed by atoms with Crippen molar-refractivity contribution in [3.8, 4) is 0 Å². The number of benzene rings is 1. The van der Waals surface area contributed by atoms with Crippen molar-refractivity contribution in [1.82, 2.24) is 9.62 Å². The minimum absolute atomic E-state index is 0. The SMILES string of the molecule is Cl.NCC1CCCCN1C(=O)CCNS(=O)(=O)c1ccccc1. The minimum Gasteiger partial charge on any atom is -0.338 e. The molecule has 23 heavy (non-hydrogen) atoms. The summed E-state index contributed by atoms with van der Waals surface area (Å²) < 4.78 is 26.6. The quantitative estimate of drug-likeness (QED) is 0.794. The molecule has 1 saturated heterocycles. The van der Waals surface area contributed by atoms with Gasteiger partial charge in [-0.2, -0.15) is 0 Å². The van der Waals surface area contributed by atoms with Gasteiger partial charge in [-0.25, -0.2) is 13.1 Å². The molecule has 3 N–H and O–H groups in total. The number of hydrogen-bond acceptors (Lipinski definition) is 4. The molecule has 1 atom stereocenters. The van der Waals surface area contributed by atoms with Crippen LogP contribution < -0.4 is 10.5 Å². The first-order valence-electron chi connectivity index (χ1n) is 7.59. The van der Waals surface area contributed by atoms with E-state index in [2.05, 4.69) is 4.72 Å². The topological polar surface area (TPSA) is 92.5 Å². The third kappa shape index (κ3) is 5.46. The molecule has 1 aromatic rings. The summed E-state index contributed by atoms with van der Waals surface area (Å²) in [5.41, 5.74) is 5.70. The van der Waals surface area contributed by atoms with Gasteiger partial charge >= 0.3 is 0 Å². The van der Waals surface area contributed by atoms with Crippen molar-refractivity contribution < 1.29 is 13.2 Å². The van der Waals surface area contributed by atoms with Gasteiger partial charge < -0.3 is 10.6 Å². The highest BCUT2D eigenvalue weighted by Gasteiger charge is 2.25. The van der Waals surface area contributed by atoms with E-state index in [0.29, 0.717) is 13.1 Å². The number of nitrogens with one attached hydrogen (secondary N) is 1. The Kier molecular flexibility index (Phi) is 7.98. The van der Waals surface area contributed by atoms with Crippen molar-refractivity contribution in [3.05, 3.63) is 30.3 Å². The van der Waals surface area contributed by atoms with E-state index < -0.39 is 10.0 Å². The van der Waals surface area contributed by atoms with E-state index >= 15 is 0 Å². The van der Waals surface area contributed by atoms with Crippen molar-refractivity contribution in [2.45, 2.75) is 36.6 Å². The molecule has 1 fully saturated rings. The monoisotopic (exact) mass is 361 g/mol. The van der Waals surface area contributed by atoms with Crippen LogP contribution in [0.2, 0.25) is 0 Å². The molecular weight excluding hydrogens is 338 g/mol. The zero-order valence-electron chi connectivity index (χ0n) is 13.0.